The van der Waals surface area contributed by atoms with E-state index in [0.717, 1.165) is 25.7 Å². The number of carbonyl (C=O) groups is 2. The summed E-state index contributed by atoms with van der Waals surface area (Å²) in [5, 5.41) is 16.3. The second-order valence-electron chi connectivity index (χ2n) is 7.69. The molecule has 3 rings (SSSR count). The van der Waals surface area contributed by atoms with E-state index in [0.29, 0.717) is 39.9 Å². The van der Waals surface area contributed by atoms with Gasteiger partial charge in [-0.1, -0.05) is 34.9 Å². The number of rotatable bonds is 7. The Labute approximate surface area is 180 Å². The molecule has 0 spiro atoms. The van der Waals surface area contributed by atoms with Crippen molar-refractivity contribution in [2.45, 2.75) is 44.9 Å². The van der Waals surface area contributed by atoms with E-state index >= 15 is 0 Å². The molecule has 1 aromatic carbocycles. The third kappa shape index (κ3) is 6.21. The molecule has 3 atom stereocenters. The number of hydrogen-bond acceptors (Lipinski definition) is 3. The fourth-order valence-electron chi connectivity index (χ4n) is 4.31. The monoisotopic (exact) mass is 437 g/mol. The van der Waals surface area contributed by atoms with Crippen molar-refractivity contribution in [2.24, 2.45) is 22.9 Å². The maximum Gasteiger partial charge on any atom is 0.339 e. The number of anilines is 1. The van der Waals surface area contributed by atoms with E-state index in [1.807, 2.05) is 6.21 Å². The van der Waals surface area contributed by atoms with E-state index in [4.69, 9.17) is 28.3 Å². The summed E-state index contributed by atoms with van der Waals surface area (Å²) in [5.74, 6) is 0.848. The average molecular weight is 438 g/mol. The molecule has 1 aromatic rings. The Morgan fingerprint density at radius 2 is 2.03 bits per heavy atom. The van der Waals surface area contributed by atoms with Gasteiger partial charge in [0.2, 0.25) is 0 Å². The van der Waals surface area contributed by atoms with Crippen molar-refractivity contribution in [2.75, 3.05) is 5.32 Å². The van der Waals surface area contributed by atoms with Gasteiger partial charge < -0.3 is 10.4 Å². The van der Waals surface area contributed by atoms with E-state index in [9.17, 15) is 9.59 Å². The van der Waals surface area contributed by atoms with Crippen LogP contribution in [0.5, 0.6) is 0 Å². The number of aliphatic carboxylic acids is 1. The predicted molar refractivity (Wildman–Crippen MR) is 116 cm³/mol. The summed E-state index contributed by atoms with van der Waals surface area (Å²) in [6.45, 7) is 0. The third-order valence-corrected chi connectivity index (χ3v) is 6.42. The zero-order valence-electron chi connectivity index (χ0n) is 16.0. The van der Waals surface area contributed by atoms with Gasteiger partial charge in [0.05, 0.1) is 10.0 Å². The summed E-state index contributed by atoms with van der Waals surface area (Å²) in [5.41, 5.74) is 4.49. The number of unbranched alkanes of at least 4 members (excludes halogenated alkanes) is 1. The Hall–Kier alpha value is -2.05. The lowest BCUT2D eigenvalue weighted by Gasteiger charge is -2.13. The van der Waals surface area contributed by atoms with E-state index in [-0.39, 0.29) is 6.42 Å². The lowest BCUT2D eigenvalue weighted by Crippen LogP contribution is -2.25. The van der Waals surface area contributed by atoms with E-state index in [2.05, 4.69) is 21.9 Å². The first-order valence-corrected chi connectivity index (χ1v) is 10.6. The van der Waals surface area contributed by atoms with Gasteiger partial charge in [-0.2, -0.15) is 5.10 Å². The Kier molecular flexibility index (Phi) is 7.56. The summed E-state index contributed by atoms with van der Waals surface area (Å²) in [6, 6.07) is 4.44. The van der Waals surface area contributed by atoms with Crippen LogP contribution in [0.4, 0.5) is 10.5 Å². The molecule has 0 radical (unpaired) electrons. The first-order chi connectivity index (χ1) is 13.9. The highest BCUT2D eigenvalue weighted by Gasteiger charge is 2.40. The second-order valence-corrected chi connectivity index (χ2v) is 8.51. The number of nitrogens with zero attached hydrogens (tertiary/aromatic N) is 1. The molecule has 8 heteroatoms. The molecule has 2 amide bonds. The first kappa shape index (κ1) is 21.7. The van der Waals surface area contributed by atoms with Crippen molar-refractivity contribution in [1.29, 1.82) is 0 Å². The summed E-state index contributed by atoms with van der Waals surface area (Å²) in [6.07, 6.45) is 10.2. The van der Waals surface area contributed by atoms with Gasteiger partial charge >= 0.3 is 12.0 Å². The molecule has 156 valence electrons. The summed E-state index contributed by atoms with van der Waals surface area (Å²) in [7, 11) is 0. The molecule has 0 bridgehead atoms. The molecule has 0 aliphatic heterocycles. The Balaban J connectivity index is 1.45. The van der Waals surface area contributed by atoms with Gasteiger partial charge in [0, 0.05) is 18.3 Å². The standard InChI is InChI=1S/C21H25Cl2N3O3/c22-18-8-7-16(11-19(18)23)25-21(29)26-24-12-15-6-5-14-9-13(10-17(14)15)3-1-2-4-20(27)28/h3,7-8,11-12,14-15,17H,1-2,4-6,9-10H2,(H,27,28)(H2,25,26,29)/b13-3-,24-12+/t14-,15-,17+/m1/s1. The van der Waals surface area contributed by atoms with Crippen molar-refractivity contribution in [3.63, 3.8) is 0 Å². The largest absolute Gasteiger partial charge is 0.481 e. The summed E-state index contributed by atoms with van der Waals surface area (Å²) < 4.78 is 0. The summed E-state index contributed by atoms with van der Waals surface area (Å²) >= 11 is 11.8. The number of nitrogens with one attached hydrogen (secondary N) is 2. The molecule has 2 aliphatic carbocycles. The number of hydrogen-bond donors (Lipinski definition) is 3. The highest BCUT2D eigenvalue weighted by Crippen LogP contribution is 2.49. The lowest BCUT2D eigenvalue weighted by atomic mass is 9.93. The zero-order chi connectivity index (χ0) is 20.8. The number of halogens is 2. The topological polar surface area (TPSA) is 90.8 Å². The number of amides is 2. The molecule has 2 aliphatic rings. The molecule has 29 heavy (non-hydrogen) atoms. The predicted octanol–water partition coefficient (Wildman–Crippen LogP) is 5.72. The number of carboxylic acid groups (broad SMARTS) is 1. The van der Waals surface area contributed by atoms with Crippen LogP contribution in [0, 0.1) is 17.8 Å². The first-order valence-electron chi connectivity index (χ1n) is 9.87. The van der Waals surface area contributed by atoms with Gasteiger partial charge in [-0.25, -0.2) is 10.2 Å². The molecule has 6 nitrogen and oxygen atoms in total. The number of benzene rings is 1. The van der Waals surface area contributed by atoms with Crippen molar-refractivity contribution >= 4 is 47.1 Å². The molecule has 0 heterocycles. The van der Waals surface area contributed by atoms with Crippen LogP contribution in [-0.2, 0) is 4.79 Å². The van der Waals surface area contributed by atoms with Crippen LogP contribution in [-0.4, -0.2) is 23.3 Å². The van der Waals surface area contributed by atoms with Gasteiger partial charge in [-0.15, -0.1) is 0 Å². The second kappa shape index (κ2) is 10.1. The number of hydrazone groups is 1. The van der Waals surface area contributed by atoms with E-state index in [1.54, 1.807) is 18.2 Å². The number of urea groups is 1. The molecule has 0 unspecified atom stereocenters. The van der Waals surface area contributed by atoms with Crippen molar-refractivity contribution in [1.82, 2.24) is 5.43 Å². The molecule has 3 N–H and O–H groups in total. The molecular weight excluding hydrogens is 413 g/mol. The minimum atomic E-state index is -0.737. The molecule has 2 saturated carbocycles. The molecule has 0 saturated heterocycles. The maximum atomic E-state index is 12.0. The average Bonchev–Trinajstić information content (AvgIpc) is 3.23. The SMILES string of the molecule is O=C(O)CCC/C=C1/C[C@H]2CC[C@H](/C=N/NC(=O)Nc3ccc(Cl)c(Cl)c3)[C@H]2C1. The Morgan fingerprint density at radius 3 is 2.79 bits per heavy atom. The van der Waals surface area contributed by atoms with Gasteiger partial charge in [0.15, 0.2) is 0 Å². The minimum absolute atomic E-state index is 0.224. The minimum Gasteiger partial charge on any atom is -0.481 e. The van der Waals surface area contributed by atoms with Crippen LogP contribution >= 0.6 is 23.2 Å². The maximum absolute atomic E-state index is 12.0. The third-order valence-electron chi connectivity index (χ3n) is 5.69. The van der Waals surface area contributed by atoms with Crippen molar-refractivity contribution in [3.8, 4) is 0 Å². The number of carbonyl (C=O) groups excluding carboxylic acids is 1. The van der Waals surface area contributed by atoms with E-state index < -0.39 is 12.0 Å². The fraction of sp³-hybridized carbons (Fsp3) is 0.476. The lowest BCUT2D eigenvalue weighted by molar-refractivity contribution is -0.137. The number of fused-ring (bicyclic) bond motifs is 1. The molecular formula is C21H25Cl2N3O3. The molecule has 2 fully saturated rings. The highest BCUT2D eigenvalue weighted by atomic mass is 35.5. The van der Waals surface area contributed by atoms with Crippen molar-refractivity contribution < 1.29 is 14.7 Å². The van der Waals surface area contributed by atoms with Crippen LogP contribution in [0.3, 0.4) is 0 Å². The number of allylic oxidation sites excluding steroid dienone is 2. The zero-order valence-corrected chi connectivity index (χ0v) is 17.5. The van der Waals surface area contributed by atoms with Gasteiger partial charge in [-0.3, -0.25) is 4.79 Å². The van der Waals surface area contributed by atoms with Crippen LogP contribution < -0.4 is 10.7 Å². The Bertz CT molecular complexity index is 825. The van der Waals surface area contributed by atoms with E-state index in [1.165, 1.54) is 12.0 Å². The van der Waals surface area contributed by atoms with Gasteiger partial charge in [0.25, 0.3) is 0 Å². The number of carboxylic acids is 1. The smallest absolute Gasteiger partial charge is 0.339 e. The van der Waals surface area contributed by atoms with Crippen LogP contribution in [0.1, 0.15) is 44.9 Å². The highest BCUT2D eigenvalue weighted by molar-refractivity contribution is 6.42. The normalized spacial score (nSPS) is 24.8. The quantitative estimate of drug-likeness (QED) is 0.220. The van der Waals surface area contributed by atoms with Crippen molar-refractivity contribution in [3.05, 3.63) is 39.9 Å². The van der Waals surface area contributed by atoms with Crippen LogP contribution in [0.25, 0.3) is 0 Å². The Morgan fingerprint density at radius 1 is 1.21 bits per heavy atom. The summed E-state index contributed by atoms with van der Waals surface area (Å²) in [4.78, 5) is 22.6. The molecule has 0 aromatic heterocycles. The van der Waals surface area contributed by atoms with Gasteiger partial charge in [0.1, 0.15) is 0 Å². The van der Waals surface area contributed by atoms with Gasteiger partial charge in [-0.05, 0) is 74.5 Å². The van der Waals surface area contributed by atoms with Crippen LogP contribution in [0.15, 0.2) is 34.9 Å². The fourth-order valence-corrected chi connectivity index (χ4v) is 4.61. The van der Waals surface area contributed by atoms with Crippen LogP contribution in [0.2, 0.25) is 10.0 Å².